The van der Waals surface area contributed by atoms with Gasteiger partial charge in [0, 0.05) is 22.2 Å². The number of aliphatic hydroxyl groups excluding tert-OH is 1. The van der Waals surface area contributed by atoms with Gasteiger partial charge in [0.25, 0.3) is 0 Å². The lowest BCUT2D eigenvalue weighted by Gasteiger charge is -2.11. The summed E-state index contributed by atoms with van der Waals surface area (Å²) < 4.78 is 5.72. The first-order chi connectivity index (χ1) is 6.15. The summed E-state index contributed by atoms with van der Waals surface area (Å²) in [4.78, 5) is 0. The van der Waals surface area contributed by atoms with Crippen molar-refractivity contribution in [2.75, 3.05) is 13.7 Å². The van der Waals surface area contributed by atoms with Gasteiger partial charge in [0.05, 0.1) is 6.61 Å². The van der Waals surface area contributed by atoms with Crippen molar-refractivity contribution >= 4 is 27.5 Å². The lowest BCUT2D eigenvalue weighted by atomic mass is 10.1. The molecule has 0 amide bonds. The molecule has 0 saturated heterocycles. The smallest absolute Gasteiger partial charge is 0.104 e. The van der Waals surface area contributed by atoms with Gasteiger partial charge in [0.15, 0.2) is 0 Å². The third kappa shape index (κ3) is 2.95. The fourth-order valence-electron chi connectivity index (χ4n) is 1.02. The Morgan fingerprint density at radius 2 is 2.31 bits per heavy atom. The standard InChI is InChI=1S/C9H10BrClO2/c1-13-5-9(12)7-3-2-6(10)4-8(7)11/h2-4,9,12H,5H2,1H3. The molecular formula is C9H10BrClO2. The Balaban J connectivity index is 2.88. The summed E-state index contributed by atoms with van der Waals surface area (Å²) in [6.07, 6.45) is -0.661. The van der Waals surface area contributed by atoms with Crippen LogP contribution in [0.5, 0.6) is 0 Å². The van der Waals surface area contributed by atoms with Crippen LogP contribution in [0.4, 0.5) is 0 Å². The first-order valence-corrected chi connectivity index (χ1v) is 4.94. The van der Waals surface area contributed by atoms with Crippen LogP contribution in [0.15, 0.2) is 22.7 Å². The third-order valence-electron chi connectivity index (χ3n) is 1.65. The van der Waals surface area contributed by atoms with Crippen LogP contribution < -0.4 is 0 Å². The second kappa shape index (κ2) is 4.96. The zero-order valence-electron chi connectivity index (χ0n) is 7.13. The Morgan fingerprint density at radius 3 is 2.85 bits per heavy atom. The second-order valence-electron chi connectivity index (χ2n) is 2.64. The van der Waals surface area contributed by atoms with E-state index in [1.807, 2.05) is 6.07 Å². The molecule has 0 bridgehead atoms. The fraction of sp³-hybridized carbons (Fsp3) is 0.333. The fourth-order valence-corrected chi connectivity index (χ4v) is 1.82. The summed E-state index contributed by atoms with van der Waals surface area (Å²) in [5.41, 5.74) is 0.687. The molecule has 0 aliphatic carbocycles. The topological polar surface area (TPSA) is 29.5 Å². The Labute approximate surface area is 90.6 Å². The van der Waals surface area contributed by atoms with Crippen molar-refractivity contribution in [1.29, 1.82) is 0 Å². The number of methoxy groups -OCH3 is 1. The highest BCUT2D eigenvalue weighted by atomic mass is 79.9. The van der Waals surface area contributed by atoms with E-state index in [9.17, 15) is 5.11 Å². The van der Waals surface area contributed by atoms with Gasteiger partial charge in [-0.1, -0.05) is 33.6 Å². The molecule has 0 aliphatic heterocycles. The molecule has 0 saturated carbocycles. The van der Waals surface area contributed by atoms with Crippen LogP contribution in [0.25, 0.3) is 0 Å². The Kier molecular flexibility index (Phi) is 4.19. The molecular weight excluding hydrogens is 255 g/mol. The summed E-state index contributed by atoms with van der Waals surface area (Å²) in [5, 5.41) is 10.1. The van der Waals surface area contributed by atoms with Crippen molar-refractivity contribution in [3.8, 4) is 0 Å². The van der Waals surface area contributed by atoms with Crippen LogP contribution in [0.2, 0.25) is 5.02 Å². The van der Waals surface area contributed by atoms with Gasteiger partial charge in [-0.2, -0.15) is 0 Å². The van der Waals surface area contributed by atoms with Crippen LogP contribution in [0.1, 0.15) is 11.7 Å². The van der Waals surface area contributed by atoms with Gasteiger partial charge in [-0.3, -0.25) is 0 Å². The lowest BCUT2D eigenvalue weighted by Crippen LogP contribution is -2.05. The molecule has 13 heavy (non-hydrogen) atoms. The molecule has 1 aromatic carbocycles. The summed E-state index contributed by atoms with van der Waals surface area (Å²) >= 11 is 9.20. The molecule has 0 aromatic heterocycles. The Bertz CT molecular complexity index is 291. The van der Waals surface area contributed by atoms with Gasteiger partial charge < -0.3 is 9.84 Å². The van der Waals surface area contributed by atoms with E-state index < -0.39 is 6.10 Å². The van der Waals surface area contributed by atoms with E-state index >= 15 is 0 Å². The molecule has 1 rings (SSSR count). The SMILES string of the molecule is COCC(O)c1ccc(Br)cc1Cl. The van der Waals surface area contributed by atoms with E-state index in [4.69, 9.17) is 16.3 Å². The highest BCUT2D eigenvalue weighted by molar-refractivity contribution is 9.10. The molecule has 72 valence electrons. The van der Waals surface area contributed by atoms with E-state index in [0.717, 1.165) is 4.47 Å². The Hall–Kier alpha value is -0.0900. The highest BCUT2D eigenvalue weighted by Gasteiger charge is 2.10. The molecule has 1 atom stereocenters. The molecule has 1 N–H and O–H groups in total. The van der Waals surface area contributed by atoms with Crippen molar-refractivity contribution in [2.45, 2.75) is 6.10 Å². The van der Waals surface area contributed by atoms with Crippen LogP contribution in [0, 0.1) is 0 Å². The van der Waals surface area contributed by atoms with Gasteiger partial charge >= 0.3 is 0 Å². The number of benzene rings is 1. The monoisotopic (exact) mass is 264 g/mol. The summed E-state index contributed by atoms with van der Waals surface area (Å²) in [7, 11) is 1.54. The Morgan fingerprint density at radius 1 is 1.62 bits per heavy atom. The van der Waals surface area contributed by atoms with E-state index in [-0.39, 0.29) is 6.61 Å². The third-order valence-corrected chi connectivity index (χ3v) is 2.47. The number of rotatable bonds is 3. The van der Waals surface area contributed by atoms with Crippen molar-refractivity contribution in [2.24, 2.45) is 0 Å². The number of halogens is 2. The van der Waals surface area contributed by atoms with Crippen LogP contribution in [-0.4, -0.2) is 18.8 Å². The average molecular weight is 266 g/mol. The second-order valence-corrected chi connectivity index (χ2v) is 3.96. The number of hydrogen-bond acceptors (Lipinski definition) is 2. The number of aliphatic hydroxyl groups is 1. The first-order valence-electron chi connectivity index (χ1n) is 3.77. The minimum atomic E-state index is -0.661. The minimum Gasteiger partial charge on any atom is -0.386 e. The average Bonchev–Trinajstić information content (AvgIpc) is 2.04. The van der Waals surface area contributed by atoms with E-state index in [2.05, 4.69) is 15.9 Å². The maximum Gasteiger partial charge on any atom is 0.104 e. The maximum atomic E-state index is 9.57. The van der Waals surface area contributed by atoms with Crippen LogP contribution in [0.3, 0.4) is 0 Å². The zero-order chi connectivity index (χ0) is 9.84. The summed E-state index contributed by atoms with van der Waals surface area (Å²) in [6, 6.07) is 5.35. The molecule has 0 fully saturated rings. The quantitative estimate of drug-likeness (QED) is 0.911. The van der Waals surface area contributed by atoms with Crippen LogP contribution in [-0.2, 0) is 4.74 Å². The molecule has 1 aromatic rings. The molecule has 0 radical (unpaired) electrons. The zero-order valence-corrected chi connectivity index (χ0v) is 9.47. The van der Waals surface area contributed by atoms with E-state index in [1.54, 1.807) is 12.1 Å². The summed E-state index contributed by atoms with van der Waals surface area (Å²) in [5.74, 6) is 0. The van der Waals surface area contributed by atoms with Crippen molar-refractivity contribution < 1.29 is 9.84 Å². The highest BCUT2D eigenvalue weighted by Crippen LogP contribution is 2.26. The van der Waals surface area contributed by atoms with Gasteiger partial charge in [0.1, 0.15) is 6.10 Å². The van der Waals surface area contributed by atoms with Crippen molar-refractivity contribution in [3.63, 3.8) is 0 Å². The summed E-state index contributed by atoms with van der Waals surface area (Å²) in [6.45, 7) is 0.251. The van der Waals surface area contributed by atoms with Gasteiger partial charge in [-0.05, 0) is 12.1 Å². The predicted octanol–water partition coefficient (Wildman–Crippen LogP) is 2.78. The van der Waals surface area contributed by atoms with Crippen molar-refractivity contribution in [3.05, 3.63) is 33.3 Å². The van der Waals surface area contributed by atoms with E-state index in [1.165, 1.54) is 7.11 Å². The van der Waals surface area contributed by atoms with Crippen molar-refractivity contribution in [1.82, 2.24) is 0 Å². The van der Waals surface area contributed by atoms with Gasteiger partial charge in [-0.25, -0.2) is 0 Å². The molecule has 0 aliphatic rings. The van der Waals surface area contributed by atoms with E-state index in [0.29, 0.717) is 10.6 Å². The number of hydrogen-bond donors (Lipinski definition) is 1. The number of ether oxygens (including phenoxy) is 1. The lowest BCUT2D eigenvalue weighted by molar-refractivity contribution is 0.0644. The molecule has 2 nitrogen and oxygen atoms in total. The van der Waals surface area contributed by atoms with Crippen LogP contribution >= 0.6 is 27.5 Å². The normalized spacial score (nSPS) is 12.9. The largest absolute Gasteiger partial charge is 0.386 e. The van der Waals surface area contributed by atoms with Gasteiger partial charge in [-0.15, -0.1) is 0 Å². The predicted molar refractivity (Wildman–Crippen MR) is 56.0 cm³/mol. The molecule has 4 heteroatoms. The first kappa shape index (κ1) is 11.0. The molecule has 0 heterocycles. The maximum absolute atomic E-state index is 9.57. The molecule has 0 spiro atoms. The minimum absolute atomic E-state index is 0.251. The molecule has 1 unspecified atom stereocenters. The van der Waals surface area contributed by atoms with Gasteiger partial charge in [0.2, 0.25) is 0 Å².